The van der Waals surface area contributed by atoms with Gasteiger partial charge in [0, 0.05) is 36.8 Å². The molecule has 0 saturated carbocycles. The van der Waals surface area contributed by atoms with E-state index in [0.29, 0.717) is 13.1 Å². The summed E-state index contributed by atoms with van der Waals surface area (Å²) >= 11 is 3.32. The highest BCUT2D eigenvalue weighted by molar-refractivity contribution is 9.10. The molecule has 1 aliphatic heterocycles. The normalized spacial score (nSPS) is 19.1. The molecule has 0 aliphatic carbocycles. The molecule has 5 nitrogen and oxygen atoms in total. The number of hydrogen-bond donors (Lipinski definition) is 0. The molecule has 0 atom stereocenters. The van der Waals surface area contributed by atoms with Crippen molar-refractivity contribution in [2.24, 2.45) is 0 Å². The second kappa shape index (κ2) is 5.24. The van der Waals surface area contributed by atoms with Crippen LogP contribution in [-0.2, 0) is 10.0 Å². The minimum absolute atomic E-state index is 0.132. The highest BCUT2D eigenvalue weighted by atomic mass is 79.9. The molecule has 0 bridgehead atoms. The van der Waals surface area contributed by atoms with E-state index in [4.69, 9.17) is 0 Å². The van der Waals surface area contributed by atoms with Gasteiger partial charge in [0.2, 0.25) is 0 Å². The van der Waals surface area contributed by atoms with E-state index in [1.54, 1.807) is 6.07 Å². The Labute approximate surface area is 116 Å². The summed E-state index contributed by atoms with van der Waals surface area (Å²) in [5, 5.41) is 0.132. The number of aromatic nitrogens is 1. The maximum Gasteiger partial charge on any atom is 0.260 e. The molecule has 2 heterocycles. The Hall–Kier alpha value is -0.500. The van der Waals surface area contributed by atoms with E-state index in [-0.39, 0.29) is 5.03 Å². The van der Waals surface area contributed by atoms with Crippen molar-refractivity contribution in [3.05, 3.63) is 22.3 Å². The van der Waals surface area contributed by atoms with Crippen LogP contribution in [-0.4, -0.2) is 55.8 Å². The van der Waals surface area contributed by atoms with Gasteiger partial charge in [0.25, 0.3) is 10.0 Å². The van der Waals surface area contributed by atoms with Gasteiger partial charge in [-0.2, -0.15) is 4.31 Å². The van der Waals surface area contributed by atoms with E-state index in [0.717, 1.165) is 23.1 Å². The van der Waals surface area contributed by atoms with E-state index in [1.165, 1.54) is 10.5 Å². The van der Waals surface area contributed by atoms with Crippen LogP contribution in [0.2, 0.25) is 0 Å². The number of rotatable bonds is 2. The van der Waals surface area contributed by atoms with Crippen molar-refractivity contribution in [3.8, 4) is 0 Å². The zero-order valence-corrected chi connectivity index (χ0v) is 12.8. The SMILES string of the molecule is Cc1cc(S(=O)(=O)N2CCN(C)CC2)ncc1Br. The number of hydrogen-bond acceptors (Lipinski definition) is 4. The molecule has 100 valence electrons. The minimum atomic E-state index is -3.45. The predicted molar refractivity (Wildman–Crippen MR) is 72.9 cm³/mol. The number of likely N-dealkylation sites (N-methyl/N-ethyl adjacent to an activating group) is 1. The molecule has 1 fully saturated rings. The monoisotopic (exact) mass is 333 g/mol. The third kappa shape index (κ3) is 2.74. The summed E-state index contributed by atoms with van der Waals surface area (Å²) in [7, 11) is -1.46. The first kappa shape index (κ1) is 13.9. The second-order valence-corrected chi connectivity index (χ2v) is 7.22. The largest absolute Gasteiger partial charge is 0.304 e. The first-order chi connectivity index (χ1) is 8.41. The molecule has 0 N–H and O–H groups in total. The average Bonchev–Trinajstić information content (AvgIpc) is 2.33. The van der Waals surface area contributed by atoms with Crippen molar-refractivity contribution >= 4 is 26.0 Å². The highest BCUT2D eigenvalue weighted by Gasteiger charge is 2.28. The Morgan fingerprint density at radius 1 is 1.28 bits per heavy atom. The fraction of sp³-hybridized carbons (Fsp3) is 0.545. The molecule has 1 saturated heterocycles. The van der Waals surface area contributed by atoms with Gasteiger partial charge in [0.05, 0.1) is 0 Å². The molecule has 7 heteroatoms. The third-order valence-electron chi connectivity index (χ3n) is 3.09. The lowest BCUT2D eigenvalue weighted by atomic mass is 10.3. The van der Waals surface area contributed by atoms with Gasteiger partial charge >= 0.3 is 0 Å². The van der Waals surface area contributed by atoms with Crippen LogP contribution in [0.5, 0.6) is 0 Å². The zero-order chi connectivity index (χ0) is 13.3. The number of piperazine rings is 1. The van der Waals surface area contributed by atoms with Gasteiger partial charge < -0.3 is 4.90 Å². The molecule has 0 spiro atoms. The molecule has 0 radical (unpaired) electrons. The molecule has 2 rings (SSSR count). The lowest BCUT2D eigenvalue weighted by molar-refractivity contribution is 0.222. The van der Waals surface area contributed by atoms with E-state index < -0.39 is 10.0 Å². The summed E-state index contributed by atoms with van der Waals surface area (Å²) in [5.74, 6) is 0. The van der Waals surface area contributed by atoms with Crippen LogP contribution in [0.15, 0.2) is 21.8 Å². The Kier molecular flexibility index (Phi) is 4.05. The second-order valence-electron chi connectivity index (χ2n) is 4.48. The fourth-order valence-corrected chi connectivity index (χ4v) is 3.45. The van der Waals surface area contributed by atoms with E-state index in [1.807, 2.05) is 14.0 Å². The van der Waals surface area contributed by atoms with Crippen molar-refractivity contribution < 1.29 is 8.42 Å². The Bertz CT molecular complexity index is 539. The molecular weight excluding hydrogens is 318 g/mol. The molecule has 1 aromatic rings. The van der Waals surface area contributed by atoms with Gasteiger partial charge in [-0.1, -0.05) is 0 Å². The minimum Gasteiger partial charge on any atom is -0.304 e. The van der Waals surface area contributed by atoms with Crippen LogP contribution in [0.1, 0.15) is 5.56 Å². The van der Waals surface area contributed by atoms with E-state index >= 15 is 0 Å². The summed E-state index contributed by atoms with van der Waals surface area (Å²) in [6.07, 6.45) is 1.54. The first-order valence-electron chi connectivity index (χ1n) is 5.72. The van der Waals surface area contributed by atoms with Crippen LogP contribution in [0.25, 0.3) is 0 Å². The van der Waals surface area contributed by atoms with Crippen molar-refractivity contribution in [1.29, 1.82) is 0 Å². The Morgan fingerprint density at radius 3 is 2.44 bits per heavy atom. The maximum atomic E-state index is 12.4. The summed E-state index contributed by atoms with van der Waals surface area (Å²) in [6.45, 7) is 4.42. The van der Waals surface area contributed by atoms with Gasteiger partial charge in [0.15, 0.2) is 5.03 Å². The Balaban J connectivity index is 2.27. The topological polar surface area (TPSA) is 53.5 Å². The van der Waals surface area contributed by atoms with Crippen LogP contribution >= 0.6 is 15.9 Å². The summed E-state index contributed by atoms with van der Waals surface area (Å²) in [6, 6.07) is 1.61. The lowest BCUT2D eigenvalue weighted by Gasteiger charge is -2.31. The highest BCUT2D eigenvalue weighted by Crippen LogP contribution is 2.20. The molecule has 1 aromatic heterocycles. The third-order valence-corrected chi connectivity index (χ3v) is 5.72. The van der Waals surface area contributed by atoms with Gasteiger partial charge in [0.1, 0.15) is 0 Å². The van der Waals surface area contributed by atoms with Crippen LogP contribution < -0.4 is 0 Å². The van der Waals surface area contributed by atoms with Crippen molar-refractivity contribution in [3.63, 3.8) is 0 Å². The number of sulfonamides is 1. The van der Waals surface area contributed by atoms with E-state index in [9.17, 15) is 8.42 Å². The number of aryl methyl sites for hydroxylation is 1. The smallest absolute Gasteiger partial charge is 0.260 e. The number of pyridine rings is 1. The van der Waals surface area contributed by atoms with Crippen LogP contribution in [0, 0.1) is 6.92 Å². The number of halogens is 1. The van der Waals surface area contributed by atoms with Gasteiger partial charge in [-0.25, -0.2) is 13.4 Å². The molecule has 0 aromatic carbocycles. The quantitative estimate of drug-likeness (QED) is 0.812. The molecule has 1 aliphatic rings. The van der Waals surface area contributed by atoms with Crippen LogP contribution in [0.4, 0.5) is 0 Å². The molecule has 0 amide bonds. The summed E-state index contributed by atoms with van der Waals surface area (Å²) in [5.41, 5.74) is 0.873. The van der Waals surface area contributed by atoms with Gasteiger partial charge in [-0.3, -0.25) is 0 Å². The molecular formula is C11H16BrN3O2S. The molecule has 0 unspecified atom stereocenters. The molecule has 18 heavy (non-hydrogen) atoms. The van der Waals surface area contributed by atoms with Crippen molar-refractivity contribution in [2.75, 3.05) is 33.2 Å². The maximum absolute atomic E-state index is 12.4. The van der Waals surface area contributed by atoms with Gasteiger partial charge in [-0.15, -0.1) is 0 Å². The van der Waals surface area contributed by atoms with Crippen molar-refractivity contribution in [2.45, 2.75) is 11.9 Å². The lowest BCUT2D eigenvalue weighted by Crippen LogP contribution is -2.47. The average molecular weight is 334 g/mol. The van der Waals surface area contributed by atoms with Crippen LogP contribution in [0.3, 0.4) is 0 Å². The van der Waals surface area contributed by atoms with Crippen molar-refractivity contribution in [1.82, 2.24) is 14.2 Å². The Morgan fingerprint density at radius 2 is 1.89 bits per heavy atom. The zero-order valence-electron chi connectivity index (χ0n) is 10.4. The van der Waals surface area contributed by atoms with Gasteiger partial charge in [-0.05, 0) is 41.5 Å². The first-order valence-corrected chi connectivity index (χ1v) is 7.95. The van der Waals surface area contributed by atoms with E-state index in [2.05, 4.69) is 25.8 Å². The summed E-state index contributed by atoms with van der Waals surface area (Å²) in [4.78, 5) is 6.13. The fourth-order valence-electron chi connectivity index (χ4n) is 1.82. The predicted octanol–water partition coefficient (Wildman–Crippen LogP) is 1.09. The summed E-state index contributed by atoms with van der Waals surface area (Å²) < 4.78 is 27.1. The standard InChI is InChI=1S/C11H16BrN3O2S/c1-9-7-11(13-8-10(9)12)18(16,17)15-5-3-14(2)4-6-15/h7-8H,3-6H2,1-2H3. The number of nitrogens with zero attached hydrogens (tertiary/aromatic N) is 3.